The van der Waals surface area contributed by atoms with Crippen LogP contribution < -0.4 is 0 Å². The molecular weight excluding hydrogens is 152 g/mol. The molecule has 1 N–H and O–H groups in total. The van der Waals surface area contributed by atoms with E-state index in [1.54, 1.807) is 13.0 Å². The first-order chi connectivity index (χ1) is 5.68. The van der Waals surface area contributed by atoms with Gasteiger partial charge in [0.25, 0.3) is 0 Å². The highest BCUT2D eigenvalue weighted by Gasteiger charge is 2.08. The van der Waals surface area contributed by atoms with Crippen molar-refractivity contribution in [1.82, 2.24) is 0 Å². The molecule has 0 aromatic carbocycles. The van der Waals surface area contributed by atoms with Gasteiger partial charge >= 0.3 is 5.97 Å². The third-order valence-electron chi connectivity index (χ3n) is 1.70. The van der Waals surface area contributed by atoms with Gasteiger partial charge < -0.3 is 5.11 Å². The first-order valence-electron chi connectivity index (χ1n) is 4.19. The Hall–Kier alpha value is -1.05. The summed E-state index contributed by atoms with van der Waals surface area (Å²) in [7, 11) is 0. The van der Waals surface area contributed by atoms with E-state index in [9.17, 15) is 4.79 Å². The maximum Gasteiger partial charge on any atom is 0.306 e. The zero-order valence-electron chi connectivity index (χ0n) is 7.49. The van der Waals surface area contributed by atoms with E-state index in [0.29, 0.717) is 0 Å². The molecule has 0 spiro atoms. The summed E-state index contributed by atoms with van der Waals surface area (Å²) in [6, 6.07) is 0. The predicted molar refractivity (Wildman–Crippen MR) is 50.0 cm³/mol. The quantitative estimate of drug-likeness (QED) is 0.489. The van der Waals surface area contributed by atoms with Gasteiger partial charge in [0.05, 0.1) is 5.92 Å². The fourth-order valence-corrected chi connectivity index (χ4v) is 0.858. The summed E-state index contributed by atoms with van der Waals surface area (Å²) in [6.45, 7) is 5.28. The monoisotopic (exact) mass is 168 g/mol. The highest BCUT2D eigenvalue weighted by atomic mass is 16.4. The summed E-state index contributed by atoms with van der Waals surface area (Å²) >= 11 is 0. The van der Waals surface area contributed by atoms with Crippen molar-refractivity contribution in [3.63, 3.8) is 0 Å². The van der Waals surface area contributed by atoms with Crippen molar-refractivity contribution in [2.45, 2.75) is 26.2 Å². The van der Waals surface area contributed by atoms with Crippen LogP contribution in [-0.2, 0) is 4.79 Å². The Morgan fingerprint density at radius 3 is 2.83 bits per heavy atom. The average molecular weight is 168 g/mol. The second-order valence-corrected chi connectivity index (χ2v) is 2.83. The molecule has 0 saturated carbocycles. The number of hydrogen-bond donors (Lipinski definition) is 1. The Bertz CT molecular complexity index is 171. The van der Waals surface area contributed by atoms with Crippen molar-refractivity contribution in [2.24, 2.45) is 5.92 Å². The Kier molecular flexibility index (Phi) is 6.07. The second kappa shape index (κ2) is 6.65. The van der Waals surface area contributed by atoms with Crippen molar-refractivity contribution in [1.29, 1.82) is 0 Å². The summed E-state index contributed by atoms with van der Waals surface area (Å²) in [5.74, 6) is -0.926. The number of carbonyl (C=O) groups is 1. The molecule has 0 bridgehead atoms. The molecule has 0 aliphatic rings. The van der Waals surface area contributed by atoms with Gasteiger partial charge in [0, 0.05) is 0 Å². The molecule has 0 aliphatic carbocycles. The fourth-order valence-electron chi connectivity index (χ4n) is 0.858. The van der Waals surface area contributed by atoms with Crippen LogP contribution in [0, 0.1) is 5.92 Å². The van der Waals surface area contributed by atoms with E-state index >= 15 is 0 Å². The molecule has 0 rings (SSSR count). The van der Waals surface area contributed by atoms with E-state index in [2.05, 4.69) is 6.58 Å². The maximum absolute atomic E-state index is 10.4. The lowest BCUT2D eigenvalue weighted by Crippen LogP contribution is -2.08. The second-order valence-electron chi connectivity index (χ2n) is 2.83. The maximum atomic E-state index is 10.4. The lowest BCUT2D eigenvalue weighted by Gasteiger charge is -2.02. The first kappa shape index (κ1) is 11.0. The predicted octanol–water partition coefficient (Wildman–Crippen LogP) is 2.62. The summed E-state index contributed by atoms with van der Waals surface area (Å²) < 4.78 is 0. The summed E-state index contributed by atoms with van der Waals surface area (Å²) in [4.78, 5) is 10.4. The van der Waals surface area contributed by atoms with Crippen LogP contribution in [0.2, 0.25) is 0 Å². The zero-order valence-corrected chi connectivity index (χ0v) is 7.49. The van der Waals surface area contributed by atoms with Crippen molar-refractivity contribution >= 4 is 5.97 Å². The molecule has 0 fully saturated rings. The number of unbranched alkanes of at least 4 members (excludes halogenated alkanes) is 1. The van der Waals surface area contributed by atoms with Crippen molar-refractivity contribution in [3.05, 3.63) is 24.8 Å². The number of rotatable bonds is 6. The SMILES string of the molecule is C=C/C=C/CCCC(C)C(=O)O. The van der Waals surface area contributed by atoms with Crippen LogP contribution in [-0.4, -0.2) is 11.1 Å². The molecule has 0 radical (unpaired) electrons. The number of allylic oxidation sites excluding steroid dienone is 3. The van der Waals surface area contributed by atoms with Crippen LogP contribution in [0.3, 0.4) is 0 Å². The average Bonchev–Trinajstić information content (AvgIpc) is 2.03. The molecule has 0 saturated heterocycles. The van der Waals surface area contributed by atoms with E-state index < -0.39 is 5.97 Å². The third-order valence-corrected chi connectivity index (χ3v) is 1.70. The molecule has 0 heterocycles. The van der Waals surface area contributed by atoms with Crippen LogP contribution in [0.4, 0.5) is 0 Å². The molecule has 0 aromatic heterocycles. The standard InChI is InChI=1S/C10H16O2/c1-3-4-5-6-7-8-9(2)10(11)12/h3-5,9H,1,6-8H2,2H3,(H,11,12)/b5-4+. The summed E-state index contributed by atoms with van der Waals surface area (Å²) in [6.07, 6.45) is 8.21. The number of carboxylic acid groups (broad SMARTS) is 1. The van der Waals surface area contributed by atoms with Gasteiger partial charge in [-0.2, -0.15) is 0 Å². The zero-order chi connectivity index (χ0) is 9.40. The Labute approximate surface area is 73.6 Å². The lowest BCUT2D eigenvalue weighted by molar-refractivity contribution is -0.141. The Morgan fingerprint density at radius 2 is 2.33 bits per heavy atom. The van der Waals surface area contributed by atoms with Gasteiger partial charge in [0.2, 0.25) is 0 Å². The number of carboxylic acids is 1. The van der Waals surface area contributed by atoms with Crippen LogP contribution in [0.5, 0.6) is 0 Å². The normalized spacial score (nSPS) is 13.1. The van der Waals surface area contributed by atoms with Crippen molar-refractivity contribution in [2.75, 3.05) is 0 Å². The first-order valence-corrected chi connectivity index (χ1v) is 4.19. The number of aliphatic carboxylic acids is 1. The van der Waals surface area contributed by atoms with Gasteiger partial charge in [-0.25, -0.2) is 0 Å². The van der Waals surface area contributed by atoms with Crippen LogP contribution in [0.25, 0.3) is 0 Å². The van der Waals surface area contributed by atoms with Crippen molar-refractivity contribution < 1.29 is 9.90 Å². The van der Waals surface area contributed by atoms with Crippen LogP contribution in [0.15, 0.2) is 24.8 Å². The van der Waals surface area contributed by atoms with Gasteiger partial charge in [-0.1, -0.05) is 31.7 Å². The molecular formula is C10H16O2. The lowest BCUT2D eigenvalue weighted by atomic mass is 10.0. The minimum atomic E-state index is -0.706. The summed E-state index contributed by atoms with van der Waals surface area (Å²) in [5, 5.41) is 8.55. The number of hydrogen-bond acceptors (Lipinski definition) is 1. The molecule has 0 aromatic rings. The molecule has 2 nitrogen and oxygen atoms in total. The molecule has 12 heavy (non-hydrogen) atoms. The minimum Gasteiger partial charge on any atom is -0.481 e. The van der Waals surface area contributed by atoms with E-state index in [-0.39, 0.29) is 5.92 Å². The minimum absolute atomic E-state index is 0.220. The highest BCUT2D eigenvalue weighted by Crippen LogP contribution is 2.07. The Balaban J connectivity index is 3.37. The van der Waals surface area contributed by atoms with Gasteiger partial charge in [0.1, 0.15) is 0 Å². The summed E-state index contributed by atoms with van der Waals surface area (Å²) in [5.41, 5.74) is 0. The van der Waals surface area contributed by atoms with Gasteiger partial charge in [-0.15, -0.1) is 0 Å². The van der Waals surface area contributed by atoms with E-state index in [4.69, 9.17) is 5.11 Å². The van der Waals surface area contributed by atoms with Crippen molar-refractivity contribution in [3.8, 4) is 0 Å². The molecule has 68 valence electrons. The van der Waals surface area contributed by atoms with Gasteiger partial charge in [-0.3, -0.25) is 4.79 Å². The largest absolute Gasteiger partial charge is 0.481 e. The third kappa shape index (κ3) is 5.71. The fraction of sp³-hybridized carbons (Fsp3) is 0.500. The molecule has 1 unspecified atom stereocenters. The van der Waals surface area contributed by atoms with Gasteiger partial charge in [0.15, 0.2) is 0 Å². The van der Waals surface area contributed by atoms with E-state index in [0.717, 1.165) is 19.3 Å². The van der Waals surface area contributed by atoms with E-state index in [1.807, 2.05) is 12.2 Å². The van der Waals surface area contributed by atoms with Crippen LogP contribution in [0.1, 0.15) is 26.2 Å². The molecule has 2 heteroatoms. The van der Waals surface area contributed by atoms with Crippen LogP contribution >= 0.6 is 0 Å². The Morgan fingerprint density at radius 1 is 1.67 bits per heavy atom. The highest BCUT2D eigenvalue weighted by molar-refractivity contribution is 5.69. The van der Waals surface area contributed by atoms with E-state index in [1.165, 1.54) is 0 Å². The smallest absolute Gasteiger partial charge is 0.306 e. The molecule has 0 aliphatic heterocycles. The topological polar surface area (TPSA) is 37.3 Å². The molecule has 0 amide bonds. The van der Waals surface area contributed by atoms with Gasteiger partial charge in [-0.05, 0) is 19.3 Å². The molecule has 1 atom stereocenters.